The standard InChI is InChI=1S/C18H12F3N3O5S/c1-28-14-7-9(13(24(26)27)8-15(14)29-17(20)21)6-11-16(25)23(18(30)22-11)12-5-3-2-4-10(12)19/h2-8,17H,1H3,(H,22,30)/b11-6-. The molecule has 0 aromatic heterocycles. The molecular weight excluding hydrogens is 427 g/mol. The molecule has 8 nitrogen and oxygen atoms in total. The van der Waals surface area contributed by atoms with E-state index in [1.807, 2.05) is 0 Å². The van der Waals surface area contributed by atoms with Crippen molar-refractivity contribution in [2.45, 2.75) is 6.61 Å². The van der Waals surface area contributed by atoms with Crippen LogP contribution in [0.4, 0.5) is 24.5 Å². The highest BCUT2D eigenvalue weighted by Gasteiger charge is 2.34. The first-order chi connectivity index (χ1) is 14.2. The lowest BCUT2D eigenvalue weighted by molar-refractivity contribution is -0.385. The molecule has 2 aromatic rings. The highest BCUT2D eigenvalue weighted by atomic mass is 32.1. The van der Waals surface area contributed by atoms with Crippen LogP contribution in [-0.4, -0.2) is 29.7 Å². The molecule has 12 heteroatoms. The lowest BCUT2D eigenvalue weighted by Gasteiger charge is -2.14. The summed E-state index contributed by atoms with van der Waals surface area (Å²) in [5.74, 6) is -2.22. The lowest BCUT2D eigenvalue weighted by atomic mass is 10.1. The Morgan fingerprint density at radius 3 is 2.57 bits per heavy atom. The van der Waals surface area contributed by atoms with Crippen molar-refractivity contribution in [2.24, 2.45) is 0 Å². The molecule has 1 heterocycles. The van der Waals surface area contributed by atoms with Crippen LogP contribution in [0, 0.1) is 15.9 Å². The Bertz CT molecular complexity index is 1080. The van der Waals surface area contributed by atoms with Gasteiger partial charge in [-0.1, -0.05) is 12.1 Å². The third kappa shape index (κ3) is 4.03. The highest BCUT2D eigenvalue weighted by Crippen LogP contribution is 2.37. The zero-order valence-corrected chi connectivity index (χ0v) is 15.9. The molecule has 1 N–H and O–H groups in total. The third-order valence-corrected chi connectivity index (χ3v) is 4.28. The Balaban J connectivity index is 2.06. The van der Waals surface area contributed by atoms with Crippen LogP contribution in [0.3, 0.4) is 0 Å². The van der Waals surface area contributed by atoms with E-state index >= 15 is 0 Å². The summed E-state index contributed by atoms with van der Waals surface area (Å²) in [5, 5.41) is 13.8. The molecule has 30 heavy (non-hydrogen) atoms. The Morgan fingerprint density at radius 2 is 1.97 bits per heavy atom. The number of para-hydroxylation sites is 1. The van der Waals surface area contributed by atoms with Gasteiger partial charge in [-0.3, -0.25) is 14.9 Å². The number of nitro benzene ring substituents is 1. The van der Waals surface area contributed by atoms with Crippen molar-refractivity contribution in [1.29, 1.82) is 0 Å². The van der Waals surface area contributed by atoms with E-state index in [9.17, 15) is 28.1 Å². The topological polar surface area (TPSA) is 93.9 Å². The van der Waals surface area contributed by atoms with Crippen molar-refractivity contribution in [3.8, 4) is 11.5 Å². The van der Waals surface area contributed by atoms with Crippen molar-refractivity contribution < 1.29 is 32.4 Å². The number of nitrogens with zero attached hydrogens (tertiary/aromatic N) is 2. The zero-order valence-electron chi connectivity index (χ0n) is 15.1. The minimum atomic E-state index is -3.23. The van der Waals surface area contributed by atoms with E-state index in [4.69, 9.17) is 17.0 Å². The fourth-order valence-corrected chi connectivity index (χ4v) is 3.02. The normalized spacial score (nSPS) is 15.0. The van der Waals surface area contributed by atoms with Crippen molar-refractivity contribution in [1.82, 2.24) is 5.32 Å². The predicted octanol–water partition coefficient (Wildman–Crippen LogP) is 3.61. The number of rotatable bonds is 6. The molecule has 1 saturated heterocycles. The van der Waals surface area contributed by atoms with E-state index in [1.54, 1.807) is 0 Å². The quantitative estimate of drug-likeness (QED) is 0.318. The van der Waals surface area contributed by atoms with Crippen LogP contribution in [0.25, 0.3) is 6.08 Å². The maximum absolute atomic E-state index is 14.1. The molecular formula is C18H12F3N3O5S. The first kappa shape index (κ1) is 21.0. The Morgan fingerprint density at radius 1 is 1.27 bits per heavy atom. The predicted molar refractivity (Wildman–Crippen MR) is 104 cm³/mol. The maximum atomic E-state index is 14.1. The van der Waals surface area contributed by atoms with E-state index in [-0.39, 0.29) is 27.8 Å². The molecule has 0 aliphatic carbocycles. The smallest absolute Gasteiger partial charge is 0.387 e. The van der Waals surface area contributed by atoms with Gasteiger partial charge in [-0.15, -0.1) is 0 Å². The van der Waals surface area contributed by atoms with Gasteiger partial charge in [0.2, 0.25) is 0 Å². The summed E-state index contributed by atoms with van der Waals surface area (Å²) in [7, 11) is 1.16. The number of carbonyl (C=O) groups is 1. The fourth-order valence-electron chi connectivity index (χ4n) is 2.73. The van der Waals surface area contributed by atoms with E-state index in [0.29, 0.717) is 0 Å². The van der Waals surface area contributed by atoms with Crippen LogP contribution in [0.1, 0.15) is 5.56 Å². The summed E-state index contributed by atoms with van der Waals surface area (Å²) in [6, 6.07) is 7.24. The SMILES string of the molecule is COc1cc(/C=C2\NC(=S)N(c3ccccc3F)C2=O)c([N+](=O)[O-])cc1OC(F)F. The number of nitrogens with one attached hydrogen (secondary N) is 1. The lowest BCUT2D eigenvalue weighted by Crippen LogP contribution is -2.31. The monoisotopic (exact) mass is 439 g/mol. The van der Waals surface area contributed by atoms with Crippen molar-refractivity contribution in [3.05, 3.63) is 63.6 Å². The molecule has 0 radical (unpaired) electrons. The number of methoxy groups -OCH3 is 1. The van der Waals surface area contributed by atoms with E-state index in [0.717, 1.165) is 36.3 Å². The van der Waals surface area contributed by atoms with Gasteiger partial charge in [-0.2, -0.15) is 8.78 Å². The summed E-state index contributed by atoms with van der Waals surface area (Å²) in [6.07, 6.45) is 1.09. The number of amides is 1. The van der Waals surface area contributed by atoms with Gasteiger partial charge in [0.15, 0.2) is 16.6 Å². The molecule has 1 aliphatic rings. The van der Waals surface area contributed by atoms with E-state index in [1.165, 1.54) is 18.2 Å². The highest BCUT2D eigenvalue weighted by molar-refractivity contribution is 7.80. The Labute approximate surface area is 172 Å². The number of halogens is 3. The minimum Gasteiger partial charge on any atom is -0.493 e. The number of thiocarbonyl (C=S) groups is 1. The van der Waals surface area contributed by atoms with Gasteiger partial charge in [-0.25, -0.2) is 9.29 Å². The summed E-state index contributed by atoms with van der Waals surface area (Å²) < 4.78 is 48.4. The van der Waals surface area contributed by atoms with Gasteiger partial charge in [0.05, 0.1) is 29.4 Å². The number of hydrogen-bond acceptors (Lipinski definition) is 6. The van der Waals surface area contributed by atoms with Crippen molar-refractivity contribution in [2.75, 3.05) is 12.0 Å². The number of nitro groups is 1. The number of anilines is 1. The molecule has 0 unspecified atom stereocenters. The van der Waals surface area contributed by atoms with Crippen LogP contribution >= 0.6 is 12.2 Å². The summed E-state index contributed by atoms with van der Waals surface area (Å²) in [4.78, 5) is 24.2. The van der Waals surface area contributed by atoms with Gasteiger partial charge in [-0.05, 0) is 36.5 Å². The van der Waals surface area contributed by atoms with Crippen LogP contribution in [0.5, 0.6) is 11.5 Å². The second-order valence-corrected chi connectivity index (χ2v) is 6.16. The van der Waals surface area contributed by atoms with Crippen molar-refractivity contribution >= 4 is 40.7 Å². The molecule has 0 spiro atoms. The first-order valence-corrected chi connectivity index (χ1v) is 8.56. The molecule has 0 bridgehead atoms. The summed E-state index contributed by atoms with van der Waals surface area (Å²) >= 11 is 5.08. The molecule has 156 valence electrons. The van der Waals surface area contributed by atoms with Crippen molar-refractivity contribution in [3.63, 3.8) is 0 Å². The Hall–Kier alpha value is -3.67. The summed E-state index contributed by atoms with van der Waals surface area (Å²) in [6.45, 7) is -3.23. The molecule has 1 aliphatic heterocycles. The second-order valence-electron chi connectivity index (χ2n) is 5.78. The van der Waals surface area contributed by atoms with Gasteiger partial charge < -0.3 is 14.8 Å². The Kier molecular flexibility index (Phi) is 5.87. The average molecular weight is 439 g/mol. The summed E-state index contributed by atoms with van der Waals surface area (Å²) in [5.41, 5.74) is -1.05. The second kappa shape index (κ2) is 8.37. The molecule has 0 atom stereocenters. The number of benzene rings is 2. The molecule has 3 rings (SSSR count). The van der Waals surface area contributed by atoms with Crippen LogP contribution in [-0.2, 0) is 4.79 Å². The van der Waals surface area contributed by atoms with Crippen LogP contribution < -0.4 is 19.7 Å². The number of carbonyl (C=O) groups excluding carboxylic acids is 1. The van der Waals surface area contributed by atoms with Gasteiger partial charge >= 0.3 is 6.61 Å². The van der Waals surface area contributed by atoms with Gasteiger partial charge in [0, 0.05) is 0 Å². The molecule has 0 saturated carbocycles. The third-order valence-electron chi connectivity index (χ3n) is 4.00. The molecule has 1 amide bonds. The van der Waals surface area contributed by atoms with Gasteiger partial charge in [0.25, 0.3) is 11.6 Å². The van der Waals surface area contributed by atoms with Crippen LogP contribution in [0.15, 0.2) is 42.1 Å². The van der Waals surface area contributed by atoms with Crippen LogP contribution in [0.2, 0.25) is 0 Å². The largest absolute Gasteiger partial charge is 0.493 e. The minimum absolute atomic E-state index is 0.101. The van der Waals surface area contributed by atoms with E-state index in [2.05, 4.69) is 10.1 Å². The molecule has 2 aromatic carbocycles. The zero-order chi connectivity index (χ0) is 22.0. The number of ether oxygens (including phenoxy) is 2. The maximum Gasteiger partial charge on any atom is 0.387 e. The average Bonchev–Trinajstić information content (AvgIpc) is 2.95. The fraction of sp³-hybridized carbons (Fsp3) is 0.111. The van der Waals surface area contributed by atoms with Gasteiger partial charge in [0.1, 0.15) is 11.5 Å². The molecule has 1 fully saturated rings. The first-order valence-electron chi connectivity index (χ1n) is 8.15. The number of hydrogen-bond donors (Lipinski definition) is 1. The van der Waals surface area contributed by atoms with E-state index < -0.39 is 34.7 Å². The number of alkyl halides is 2.